The van der Waals surface area contributed by atoms with Crippen LogP contribution in [0.5, 0.6) is 5.75 Å². The number of ether oxygens (including phenoxy) is 1. The van der Waals surface area contributed by atoms with E-state index in [9.17, 15) is 4.79 Å². The Balaban J connectivity index is 1.96. The molecule has 3 aromatic rings. The first-order valence-corrected chi connectivity index (χ1v) is 8.65. The molecule has 2 N–H and O–H groups in total. The minimum absolute atomic E-state index is 0.436. The lowest BCUT2D eigenvalue weighted by molar-refractivity contribution is -0.131. The van der Waals surface area contributed by atoms with Crippen molar-refractivity contribution in [3.05, 3.63) is 90.0 Å². The van der Waals surface area contributed by atoms with Gasteiger partial charge >= 0.3 is 5.97 Å². The van der Waals surface area contributed by atoms with E-state index in [0.717, 1.165) is 34.0 Å². The van der Waals surface area contributed by atoms with Crippen LogP contribution in [0.2, 0.25) is 0 Å². The fourth-order valence-corrected chi connectivity index (χ4v) is 2.75. The molecule has 136 valence electrons. The van der Waals surface area contributed by atoms with Gasteiger partial charge in [-0.2, -0.15) is 0 Å². The SMILES string of the molecule is CNc1cccc(-c2ccc(/C=C/C(=O)O)cc2OCc2ccccc2)c1. The fourth-order valence-electron chi connectivity index (χ4n) is 2.75. The summed E-state index contributed by atoms with van der Waals surface area (Å²) in [5.74, 6) is -0.271. The maximum absolute atomic E-state index is 10.8. The van der Waals surface area contributed by atoms with Crippen LogP contribution in [0.4, 0.5) is 5.69 Å². The third-order valence-corrected chi connectivity index (χ3v) is 4.12. The summed E-state index contributed by atoms with van der Waals surface area (Å²) in [7, 11) is 1.88. The second kappa shape index (κ2) is 8.72. The van der Waals surface area contributed by atoms with Gasteiger partial charge in [0.2, 0.25) is 0 Å². The van der Waals surface area contributed by atoms with Crippen molar-refractivity contribution in [1.82, 2.24) is 0 Å². The van der Waals surface area contributed by atoms with Crippen molar-refractivity contribution in [2.24, 2.45) is 0 Å². The Morgan fingerprint density at radius 3 is 2.59 bits per heavy atom. The van der Waals surface area contributed by atoms with Crippen LogP contribution >= 0.6 is 0 Å². The average molecular weight is 359 g/mol. The highest BCUT2D eigenvalue weighted by Crippen LogP contribution is 2.33. The number of rotatable bonds is 7. The number of nitrogens with one attached hydrogen (secondary N) is 1. The van der Waals surface area contributed by atoms with Gasteiger partial charge in [0.1, 0.15) is 12.4 Å². The van der Waals surface area contributed by atoms with Crippen molar-refractivity contribution in [3.8, 4) is 16.9 Å². The molecule has 3 rings (SSSR count). The van der Waals surface area contributed by atoms with Crippen molar-refractivity contribution in [1.29, 1.82) is 0 Å². The van der Waals surface area contributed by atoms with E-state index in [4.69, 9.17) is 9.84 Å². The Labute approximate surface area is 158 Å². The van der Waals surface area contributed by atoms with Crippen LogP contribution in [0.15, 0.2) is 78.9 Å². The summed E-state index contributed by atoms with van der Waals surface area (Å²) in [6, 6.07) is 23.7. The molecule has 0 heterocycles. The van der Waals surface area contributed by atoms with Crippen LogP contribution in [-0.4, -0.2) is 18.1 Å². The molecular weight excluding hydrogens is 338 g/mol. The molecule has 0 aliphatic rings. The molecule has 0 amide bonds. The number of carboxylic acid groups (broad SMARTS) is 1. The number of anilines is 1. The van der Waals surface area contributed by atoms with Gasteiger partial charge in [-0.3, -0.25) is 0 Å². The zero-order valence-corrected chi connectivity index (χ0v) is 15.1. The Kier molecular flexibility index (Phi) is 5.90. The standard InChI is InChI=1S/C23H21NO3/c1-24-20-9-5-8-19(15-20)21-12-10-17(11-13-23(25)26)14-22(21)27-16-18-6-3-2-4-7-18/h2-15,24H,16H2,1H3,(H,25,26)/b13-11+. The van der Waals surface area contributed by atoms with E-state index in [1.807, 2.05) is 73.8 Å². The molecule has 0 aliphatic heterocycles. The minimum Gasteiger partial charge on any atom is -0.488 e. The van der Waals surface area contributed by atoms with Gasteiger partial charge in [-0.05, 0) is 41.0 Å². The largest absolute Gasteiger partial charge is 0.488 e. The maximum Gasteiger partial charge on any atom is 0.328 e. The van der Waals surface area contributed by atoms with Gasteiger partial charge in [0.25, 0.3) is 0 Å². The monoisotopic (exact) mass is 359 g/mol. The molecule has 3 aromatic carbocycles. The number of aliphatic carboxylic acids is 1. The fraction of sp³-hybridized carbons (Fsp3) is 0.0870. The minimum atomic E-state index is -0.979. The van der Waals surface area contributed by atoms with Gasteiger partial charge < -0.3 is 15.2 Å². The summed E-state index contributed by atoms with van der Waals surface area (Å²) in [4.78, 5) is 10.8. The van der Waals surface area contributed by atoms with E-state index >= 15 is 0 Å². The lowest BCUT2D eigenvalue weighted by Gasteiger charge is -2.14. The highest BCUT2D eigenvalue weighted by Gasteiger charge is 2.09. The summed E-state index contributed by atoms with van der Waals surface area (Å²) < 4.78 is 6.10. The molecule has 0 radical (unpaired) electrons. The average Bonchev–Trinajstić information content (AvgIpc) is 2.71. The predicted molar refractivity (Wildman–Crippen MR) is 109 cm³/mol. The maximum atomic E-state index is 10.8. The zero-order valence-electron chi connectivity index (χ0n) is 15.1. The normalized spacial score (nSPS) is 10.7. The Morgan fingerprint density at radius 2 is 1.85 bits per heavy atom. The quantitative estimate of drug-likeness (QED) is 0.578. The van der Waals surface area contributed by atoms with Crippen LogP contribution in [0.1, 0.15) is 11.1 Å². The molecule has 0 unspecified atom stereocenters. The van der Waals surface area contributed by atoms with Crippen molar-refractivity contribution in [3.63, 3.8) is 0 Å². The number of benzene rings is 3. The van der Waals surface area contributed by atoms with Gasteiger partial charge in [0.15, 0.2) is 0 Å². The highest BCUT2D eigenvalue weighted by atomic mass is 16.5. The molecule has 0 aliphatic carbocycles. The van der Waals surface area contributed by atoms with Crippen molar-refractivity contribution < 1.29 is 14.6 Å². The molecule has 0 saturated heterocycles. The molecule has 0 fully saturated rings. The molecule has 0 bridgehead atoms. The van der Waals surface area contributed by atoms with Crippen LogP contribution in [0.25, 0.3) is 17.2 Å². The Hall–Kier alpha value is -3.53. The van der Waals surface area contributed by atoms with Crippen LogP contribution < -0.4 is 10.1 Å². The first-order valence-electron chi connectivity index (χ1n) is 8.65. The van der Waals surface area contributed by atoms with Crippen LogP contribution in [0.3, 0.4) is 0 Å². The van der Waals surface area contributed by atoms with Gasteiger partial charge in [-0.15, -0.1) is 0 Å². The van der Waals surface area contributed by atoms with E-state index in [-0.39, 0.29) is 0 Å². The topological polar surface area (TPSA) is 58.6 Å². The lowest BCUT2D eigenvalue weighted by Crippen LogP contribution is -1.98. The number of carboxylic acids is 1. The van der Waals surface area contributed by atoms with Gasteiger partial charge in [-0.25, -0.2) is 4.79 Å². The van der Waals surface area contributed by atoms with Crippen molar-refractivity contribution in [2.45, 2.75) is 6.61 Å². The molecule has 4 heteroatoms. The van der Waals surface area contributed by atoms with Crippen LogP contribution in [0, 0.1) is 0 Å². The molecule has 0 aromatic heterocycles. The smallest absolute Gasteiger partial charge is 0.328 e. The number of carbonyl (C=O) groups is 1. The van der Waals surface area contributed by atoms with Gasteiger partial charge in [-0.1, -0.05) is 54.6 Å². The number of hydrogen-bond donors (Lipinski definition) is 2. The summed E-state index contributed by atoms with van der Waals surface area (Å²) in [6.45, 7) is 0.436. The van der Waals surface area contributed by atoms with Gasteiger partial charge in [0, 0.05) is 24.4 Å². The number of hydrogen-bond acceptors (Lipinski definition) is 3. The Morgan fingerprint density at radius 1 is 1.04 bits per heavy atom. The summed E-state index contributed by atoms with van der Waals surface area (Å²) >= 11 is 0. The van der Waals surface area contributed by atoms with Crippen LogP contribution in [-0.2, 0) is 11.4 Å². The van der Waals surface area contributed by atoms with E-state index in [1.54, 1.807) is 6.08 Å². The third kappa shape index (κ3) is 4.98. The molecule has 0 atom stereocenters. The highest BCUT2D eigenvalue weighted by molar-refractivity contribution is 5.86. The summed E-state index contributed by atoms with van der Waals surface area (Å²) in [5, 5.41) is 12.0. The van der Waals surface area contributed by atoms with Crippen molar-refractivity contribution >= 4 is 17.7 Å². The lowest BCUT2D eigenvalue weighted by atomic mass is 10.0. The second-order valence-electron chi connectivity index (χ2n) is 6.03. The van der Waals surface area contributed by atoms with Crippen molar-refractivity contribution in [2.75, 3.05) is 12.4 Å². The predicted octanol–water partition coefficient (Wildman–Crippen LogP) is 5.07. The van der Waals surface area contributed by atoms with E-state index in [1.165, 1.54) is 0 Å². The van der Waals surface area contributed by atoms with Gasteiger partial charge in [0.05, 0.1) is 0 Å². The van der Waals surface area contributed by atoms with E-state index < -0.39 is 5.97 Å². The first kappa shape index (κ1) is 18.3. The van der Waals surface area contributed by atoms with E-state index in [0.29, 0.717) is 12.4 Å². The second-order valence-corrected chi connectivity index (χ2v) is 6.03. The molecule has 0 saturated carbocycles. The molecule has 4 nitrogen and oxygen atoms in total. The molecular formula is C23H21NO3. The third-order valence-electron chi connectivity index (χ3n) is 4.12. The molecule has 27 heavy (non-hydrogen) atoms. The zero-order chi connectivity index (χ0) is 19.1. The van der Waals surface area contributed by atoms with E-state index in [2.05, 4.69) is 11.4 Å². The first-order chi connectivity index (χ1) is 13.2. The summed E-state index contributed by atoms with van der Waals surface area (Å²) in [5.41, 5.74) is 4.83. The Bertz CT molecular complexity index is 949. The summed E-state index contributed by atoms with van der Waals surface area (Å²) in [6.07, 6.45) is 2.68. The molecule has 0 spiro atoms.